The van der Waals surface area contributed by atoms with Crippen molar-refractivity contribution in [1.29, 1.82) is 0 Å². The molecule has 18 heavy (non-hydrogen) atoms. The van der Waals surface area contributed by atoms with Gasteiger partial charge in [0, 0.05) is 6.04 Å². The van der Waals surface area contributed by atoms with Gasteiger partial charge in [0.25, 0.3) is 0 Å². The van der Waals surface area contributed by atoms with E-state index in [9.17, 15) is 4.39 Å². The van der Waals surface area contributed by atoms with Crippen LogP contribution in [0.4, 0.5) is 10.1 Å². The van der Waals surface area contributed by atoms with Crippen LogP contribution in [-0.4, -0.2) is 16.0 Å². The molecular weight excluding hydrogens is 229 g/mol. The van der Waals surface area contributed by atoms with Crippen molar-refractivity contribution < 1.29 is 4.39 Å². The van der Waals surface area contributed by atoms with Crippen molar-refractivity contribution in [3.63, 3.8) is 0 Å². The van der Waals surface area contributed by atoms with Crippen molar-refractivity contribution in [3.05, 3.63) is 54.4 Å². The van der Waals surface area contributed by atoms with Crippen LogP contribution in [0.2, 0.25) is 0 Å². The molecule has 4 heteroatoms. The minimum absolute atomic E-state index is 0.0935. The van der Waals surface area contributed by atoms with Crippen molar-refractivity contribution in [2.75, 3.05) is 5.32 Å². The number of halogens is 1. The van der Waals surface area contributed by atoms with E-state index in [1.165, 1.54) is 12.4 Å². The number of nitrogens with one attached hydrogen (secondary N) is 1. The van der Waals surface area contributed by atoms with Crippen LogP contribution >= 0.6 is 0 Å². The summed E-state index contributed by atoms with van der Waals surface area (Å²) in [5, 5.41) is 3.35. The van der Waals surface area contributed by atoms with E-state index >= 15 is 0 Å². The number of benzene rings is 1. The zero-order valence-corrected chi connectivity index (χ0v) is 9.88. The van der Waals surface area contributed by atoms with Crippen molar-refractivity contribution in [3.8, 4) is 0 Å². The monoisotopic (exact) mass is 243 g/mol. The van der Waals surface area contributed by atoms with Gasteiger partial charge in [0.15, 0.2) is 0 Å². The van der Waals surface area contributed by atoms with Gasteiger partial charge in [-0.1, -0.05) is 18.2 Å². The predicted molar refractivity (Wildman–Crippen MR) is 67.8 cm³/mol. The van der Waals surface area contributed by atoms with Gasteiger partial charge < -0.3 is 5.32 Å². The van der Waals surface area contributed by atoms with Crippen molar-refractivity contribution >= 4 is 5.69 Å². The average molecular weight is 243 g/mol. The van der Waals surface area contributed by atoms with Crippen LogP contribution in [0.5, 0.6) is 0 Å². The summed E-state index contributed by atoms with van der Waals surface area (Å²) in [6, 6.07) is 7.42. The molecule has 92 valence electrons. The van der Waals surface area contributed by atoms with Gasteiger partial charge in [0.1, 0.15) is 12.1 Å². The van der Waals surface area contributed by atoms with Crippen LogP contribution in [0, 0.1) is 5.82 Å². The zero-order valence-electron chi connectivity index (χ0n) is 9.88. The van der Waals surface area contributed by atoms with Gasteiger partial charge in [-0.05, 0) is 30.4 Å². The highest BCUT2D eigenvalue weighted by atomic mass is 19.1. The Morgan fingerprint density at radius 3 is 2.56 bits per heavy atom. The van der Waals surface area contributed by atoms with Crippen LogP contribution < -0.4 is 5.32 Å². The molecule has 0 bridgehead atoms. The fraction of sp³-hybridized carbons (Fsp3) is 0.286. The number of hydrogen-bond acceptors (Lipinski definition) is 3. The second-order valence-corrected chi connectivity index (χ2v) is 4.66. The summed E-state index contributed by atoms with van der Waals surface area (Å²) in [7, 11) is 0. The third-order valence-corrected chi connectivity index (χ3v) is 3.41. The zero-order chi connectivity index (χ0) is 12.4. The van der Waals surface area contributed by atoms with E-state index in [2.05, 4.69) is 15.3 Å². The first-order chi connectivity index (χ1) is 8.83. The van der Waals surface area contributed by atoms with Crippen molar-refractivity contribution in [1.82, 2.24) is 9.97 Å². The van der Waals surface area contributed by atoms with Gasteiger partial charge in [-0.15, -0.1) is 0 Å². The van der Waals surface area contributed by atoms with Crippen LogP contribution in [-0.2, 0) is 0 Å². The molecule has 0 amide bonds. The highest BCUT2D eigenvalue weighted by molar-refractivity contribution is 5.40. The first-order valence-corrected chi connectivity index (χ1v) is 6.09. The van der Waals surface area contributed by atoms with Gasteiger partial charge >= 0.3 is 0 Å². The summed E-state index contributed by atoms with van der Waals surface area (Å²) in [5.41, 5.74) is 1.76. The van der Waals surface area contributed by atoms with E-state index in [4.69, 9.17) is 0 Å². The van der Waals surface area contributed by atoms with Crippen molar-refractivity contribution in [2.45, 2.75) is 24.8 Å². The van der Waals surface area contributed by atoms with Crippen LogP contribution in [0.15, 0.2) is 43.0 Å². The molecule has 2 aromatic rings. The summed E-state index contributed by atoms with van der Waals surface area (Å²) in [6.45, 7) is 0. The predicted octanol–water partition coefficient (Wildman–Crippen LogP) is 2.97. The van der Waals surface area contributed by atoms with Gasteiger partial charge in [0.2, 0.25) is 0 Å². The molecule has 1 heterocycles. The molecule has 0 aliphatic heterocycles. The Morgan fingerprint density at radius 1 is 1.11 bits per heavy atom. The third kappa shape index (κ3) is 2.18. The maximum atomic E-state index is 13.6. The van der Waals surface area contributed by atoms with E-state index < -0.39 is 0 Å². The first kappa shape index (κ1) is 11.1. The summed E-state index contributed by atoms with van der Waals surface area (Å²) >= 11 is 0. The topological polar surface area (TPSA) is 37.8 Å². The largest absolute Gasteiger partial charge is 0.380 e. The summed E-state index contributed by atoms with van der Waals surface area (Å²) in [6.07, 6.45) is 6.92. The number of rotatable bonds is 3. The maximum absolute atomic E-state index is 13.6. The molecule has 1 fully saturated rings. The fourth-order valence-electron chi connectivity index (χ4n) is 2.41. The number of aromatic nitrogens is 2. The van der Waals surface area contributed by atoms with E-state index in [1.54, 1.807) is 18.5 Å². The Labute approximate surface area is 105 Å². The smallest absolute Gasteiger partial charge is 0.126 e. The van der Waals surface area contributed by atoms with Crippen molar-refractivity contribution in [2.24, 2.45) is 0 Å². The molecule has 1 N–H and O–H groups in total. The quantitative estimate of drug-likeness (QED) is 0.900. The molecule has 1 aliphatic carbocycles. The number of hydrogen-bond donors (Lipinski definition) is 1. The normalized spacial score (nSPS) is 22.3. The van der Waals surface area contributed by atoms with E-state index in [0.717, 1.165) is 24.1 Å². The summed E-state index contributed by atoms with van der Waals surface area (Å²) < 4.78 is 13.6. The standard InChI is InChI=1S/C14H14FN3/c15-14-4-2-1-3-13(14)10-5-11(6-10)18-12-7-16-9-17-8-12/h1-4,7-11,18H,5-6H2. The molecule has 0 radical (unpaired) electrons. The minimum Gasteiger partial charge on any atom is -0.380 e. The molecule has 1 aromatic heterocycles. The van der Waals surface area contributed by atoms with E-state index in [1.807, 2.05) is 12.1 Å². The number of nitrogens with zero attached hydrogens (tertiary/aromatic N) is 2. The Hall–Kier alpha value is -1.97. The third-order valence-electron chi connectivity index (χ3n) is 3.41. The second-order valence-electron chi connectivity index (χ2n) is 4.66. The van der Waals surface area contributed by atoms with Gasteiger partial charge in [0.05, 0.1) is 18.1 Å². The first-order valence-electron chi connectivity index (χ1n) is 6.09. The molecule has 0 saturated heterocycles. The lowest BCUT2D eigenvalue weighted by Gasteiger charge is -2.36. The molecule has 0 spiro atoms. The number of anilines is 1. The van der Waals surface area contributed by atoms with E-state index in [0.29, 0.717) is 12.0 Å². The van der Waals surface area contributed by atoms with E-state index in [-0.39, 0.29) is 5.82 Å². The van der Waals surface area contributed by atoms with Crippen LogP contribution in [0.25, 0.3) is 0 Å². The SMILES string of the molecule is Fc1ccccc1C1CC(Nc2cncnc2)C1. The lowest BCUT2D eigenvalue weighted by Crippen LogP contribution is -2.34. The Balaban J connectivity index is 1.59. The lowest BCUT2D eigenvalue weighted by molar-refractivity contribution is 0.363. The van der Waals surface area contributed by atoms with Crippen LogP contribution in [0.3, 0.4) is 0 Å². The highest BCUT2D eigenvalue weighted by Gasteiger charge is 2.31. The molecule has 0 atom stereocenters. The van der Waals surface area contributed by atoms with Gasteiger partial charge in [-0.3, -0.25) is 0 Å². The Bertz CT molecular complexity index is 524. The minimum atomic E-state index is -0.0935. The molecule has 1 aliphatic rings. The average Bonchev–Trinajstić information content (AvgIpc) is 2.36. The maximum Gasteiger partial charge on any atom is 0.126 e. The molecule has 3 nitrogen and oxygen atoms in total. The van der Waals surface area contributed by atoms with Crippen LogP contribution in [0.1, 0.15) is 24.3 Å². The molecule has 1 saturated carbocycles. The Kier molecular flexibility index (Phi) is 2.92. The highest BCUT2D eigenvalue weighted by Crippen LogP contribution is 2.39. The van der Waals surface area contributed by atoms with Gasteiger partial charge in [-0.2, -0.15) is 0 Å². The molecule has 3 rings (SSSR count). The lowest BCUT2D eigenvalue weighted by atomic mass is 9.75. The molecule has 0 unspecified atom stereocenters. The van der Waals surface area contributed by atoms with Gasteiger partial charge in [-0.25, -0.2) is 14.4 Å². The fourth-order valence-corrected chi connectivity index (χ4v) is 2.41. The second kappa shape index (κ2) is 4.72. The molecule has 1 aromatic carbocycles. The Morgan fingerprint density at radius 2 is 1.83 bits per heavy atom. The summed E-state index contributed by atoms with van der Waals surface area (Å²) in [4.78, 5) is 7.91. The molecular formula is C14H14FN3. The summed E-state index contributed by atoms with van der Waals surface area (Å²) in [5.74, 6) is 0.234.